The topological polar surface area (TPSA) is 90.9 Å². The highest BCUT2D eigenvalue weighted by Crippen LogP contribution is 2.28. The lowest BCUT2D eigenvalue weighted by molar-refractivity contribution is -0.0281. The monoisotopic (exact) mass is 417 g/mol. The molecule has 3 heterocycles. The number of rotatable bonds is 5. The summed E-state index contributed by atoms with van der Waals surface area (Å²) in [7, 11) is 0. The van der Waals surface area contributed by atoms with Crippen molar-refractivity contribution >= 4 is 11.6 Å². The first kappa shape index (κ1) is 19.8. The fourth-order valence-electron chi connectivity index (χ4n) is 3.26. The number of carbonyl (C=O) groups is 1. The third kappa shape index (κ3) is 3.95. The van der Waals surface area contributed by atoms with Crippen molar-refractivity contribution in [1.29, 1.82) is 0 Å². The number of nitrogens with one attached hydrogen (secondary N) is 1. The summed E-state index contributed by atoms with van der Waals surface area (Å²) in [6, 6.07) is 8.52. The molecule has 1 aromatic carbocycles. The molecule has 30 heavy (non-hydrogen) atoms. The zero-order valence-corrected chi connectivity index (χ0v) is 15.8. The van der Waals surface area contributed by atoms with E-state index in [4.69, 9.17) is 0 Å². The van der Waals surface area contributed by atoms with E-state index in [2.05, 4.69) is 30.5 Å². The van der Waals surface area contributed by atoms with Gasteiger partial charge < -0.3 is 9.80 Å². The maximum atomic E-state index is 13.4. The van der Waals surface area contributed by atoms with Crippen molar-refractivity contribution in [3.05, 3.63) is 53.7 Å². The number of anilines is 1. The number of amides is 1. The molecule has 4 rings (SSSR count). The van der Waals surface area contributed by atoms with E-state index in [1.165, 1.54) is 12.1 Å². The lowest BCUT2D eigenvalue weighted by atomic mass is 10.1. The van der Waals surface area contributed by atoms with Crippen LogP contribution in [0.4, 0.5) is 18.9 Å². The third-order valence-corrected chi connectivity index (χ3v) is 4.98. The molecule has 1 saturated heterocycles. The number of pyridine rings is 1. The summed E-state index contributed by atoms with van der Waals surface area (Å²) in [5.41, 5.74) is 1.37. The molecule has 1 amide bonds. The second kappa shape index (κ2) is 8.09. The van der Waals surface area contributed by atoms with Gasteiger partial charge in [0, 0.05) is 37.3 Å². The number of piperazine rings is 1. The molecule has 0 unspecified atom stereocenters. The molecule has 1 N–H and O–H groups in total. The number of H-pyrrole nitrogens is 1. The fourth-order valence-corrected chi connectivity index (χ4v) is 3.26. The maximum Gasteiger partial charge on any atom is 0.301 e. The van der Waals surface area contributed by atoms with Crippen LogP contribution in [0.5, 0.6) is 0 Å². The number of alkyl halides is 3. The molecule has 0 radical (unpaired) electrons. The molecule has 3 aromatic rings. The van der Waals surface area contributed by atoms with E-state index in [0.717, 1.165) is 17.8 Å². The van der Waals surface area contributed by atoms with Gasteiger partial charge in [0.15, 0.2) is 6.67 Å². The van der Waals surface area contributed by atoms with Crippen molar-refractivity contribution in [2.24, 2.45) is 0 Å². The van der Waals surface area contributed by atoms with E-state index >= 15 is 0 Å². The lowest BCUT2D eigenvalue weighted by Crippen LogP contribution is -2.48. The average molecular weight is 417 g/mol. The van der Waals surface area contributed by atoms with E-state index in [-0.39, 0.29) is 5.91 Å². The van der Waals surface area contributed by atoms with Gasteiger partial charge in [-0.15, -0.1) is 10.2 Å². The second-order valence-corrected chi connectivity index (χ2v) is 6.83. The number of benzene rings is 1. The van der Waals surface area contributed by atoms with Crippen LogP contribution in [0.3, 0.4) is 0 Å². The van der Waals surface area contributed by atoms with E-state index in [1.807, 2.05) is 6.07 Å². The zero-order chi connectivity index (χ0) is 21.1. The predicted molar refractivity (Wildman–Crippen MR) is 102 cm³/mol. The van der Waals surface area contributed by atoms with Gasteiger partial charge in [-0.2, -0.15) is 14.0 Å². The molecular weight excluding hydrogens is 399 g/mol. The molecular formula is C19H18F3N7O. The molecule has 1 aliphatic rings. The highest BCUT2D eigenvalue weighted by molar-refractivity contribution is 5.94. The summed E-state index contributed by atoms with van der Waals surface area (Å²) in [5, 5.41) is 13.6. The highest BCUT2D eigenvalue weighted by Gasteiger charge is 2.32. The van der Waals surface area contributed by atoms with Gasteiger partial charge in [0.2, 0.25) is 5.82 Å². The zero-order valence-electron chi connectivity index (χ0n) is 15.8. The van der Waals surface area contributed by atoms with Crippen LogP contribution in [0.2, 0.25) is 0 Å². The van der Waals surface area contributed by atoms with Gasteiger partial charge in [0.25, 0.3) is 5.91 Å². The number of halogens is 3. The molecule has 11 heteroatoms. The van der Waals surface area contributed by atoms with Gasteiger partial charge >= 0.3 is 5.92 Å². The Bertz CT molecular complexity index is 986. The van der Waals surface area contributed by atoms with Crippen molar-refractivity contribution < 1.29 is 18.0 Å². The number of hydrogen-bond acceptors (Lipinski definition) is 6. The summed E-state index contributed by atoms with van der Waals surface area (Å²) in [6.45, 7) is 0.398. The van der Waals surface area contributed by atoms with Crippen molar-refractivity contribution in [3.63, 3.8) is 0 Å². The van der Waals surface area contributed by atoms with E-state index in [0.29, 0.717) is 43.3 Å². The Morgan fingerprint density at radius 3 is 2.37 bits per heavy atom. The number of tetrazole rings is 1. The SMILES string of the molecule is O=C(c1ccc(C(F)(F)CF)cc1)N1CCN(c2ccc(-c3nn[nH]n3)nc2)CC1. The Morgan fingerprint density at radius 2 is 1.80 bits per heavy atom. The Kier molecular flexibility index (Phi) is 5.34. The molecule has 1 aliphatic heterocycles. The van der Waals surface area contributed by atoms with Crippen LogP contribution in [0, 0.1) is 0 Å². The van der Waals surface area contributed by atoms with Crippen molar-refractivity contribution in [2.75, 3.05) is 37.8 Å². The van der Waals surface area contributed by atoms with Gasteiger partial charge in [-0.25, -0.2) is 4.39 Å². The summed E-state index contributed by atoms with van der Waals surface area (Å²) < 4.78 is 39.2. The molecule has 8 nitrogen and oxygen atoms in total. The van der Waals surface area contributed by atoms with Crippen molar-refractivity contribution in [1.82, 2.24) is 30.5 Å². The minimum absolute atomic E-state index is 0.240. The van der Waals surface area contributed by atoms with Gasteiger partial charge in [0.05, 0.1) is 11.9 Å². The average Bonchev–Trinajstić information content (AvgIpc) is 3.34. The normalized spacial score (nSPS) is 14.8. The summed E-state index contributed by atoms with van der Waals surface area (Å²) in [5.74, 6) is -3.37. The lowest BCUT2D eigenvalue weighted by Gasteiger charge is -2.36. The van der Waals surface area contributed by atoms with Crippen molar-refractivity contribution in [3.8, 4) is 11.5 Å². The first-order valence-electron chi connectivity index (χ1n) is 9.26. The Hall–Kier alpha value is -3.50. The van der Waals surface area contributed by atoms with Crippen LogP contribution in [-0.2, 0) is 5.92 Å². The van der Waals surface area contributed by atoms with E-state index < -0.39 is 18.2 Å². The van der Waals surface area contributed by atoms with Crippen LogP contribution in [0.1, 0.15) is 15.9 Å². The largest absolute Gasteiger partial charge is 0.367 e. The number of hydrogen-bond donors (Lipinski definition) is 1. The predicted octanol–water partition coefficient (Wildman–Crippen LogP) is 2.29. The molecule has 156 valence electrons. The van der Waals surface area contributed by atoms with Crippen LogP contribution in [0.15, 0.2) is 42.6 Å². The van der Waals surface area contributed by atoms with Gasteiger partial charge in [-0.05, 0) is 29.5 Å². The number of nitrogens with zero attached hydrogens (tertiary/aromatic N) is 6. The first-order chi connectivity index (χ1) is 14.5. The first-order valence-corrected chi connectivity index (χ1v) is 9.26. The van der Waals surface area contributed by atoms with E-state index in [9.17, 15) is 18.0 Å². The van der Waals surface area contributed by atoms with Crippen molar-refractivity contribution in [2.45, 2.75) is 5.92 Å². The minimum Gasteiger partial charge on any atom is -0.367 e. The second-order valence-electron chi connectivity index (χ2n) is 6.83. The smallest absolute Gasteiger partial charge is 0.301 e. The Labute approximate surface area is 169 Å². The molecule has 1 fully saturated rings. The van der Waals surface area contributed by atoms with Gasteiger partial charge in [0.1, 0.15) is 5.69 Å². The maximum absolute atomic E-state index is 13.4. The van der Waals surface area contributed by atoms with Crippen LogP contribution in [-0.4, -0.2) is 69.3 Å². The third-order valence-electron chi connectivity index (χ3n) is 4.98. The molecule has 0 atom stereocenters. The highest BCUT2D eigenvalue weighted by atomic mass is 19.3. The molecule has 0 bridgehead atoms. The quantitative estimate of drug-likeness (QED) is 0.685. The number of aromatic amines is 1. The van der Waals surface area contributed by atoms with Gasteiger partial charge in [-0.3, -0.25) is 9.78 Å². The fraction of sp³-hybridized carbons (Fsp3) is 0.316. The summed E-state index contributed by atoms with van der Waals surface area (Å²) >= 11 is 0. The minimum atomic E-state index is -3.54. The van der Waals surface area contributed by atoms with Gasteiger partial charge in [-0.1, -0.05) is 12.1 Å². The molecule has 0 saturated carbocycles. The van der Waals surface area contributed by atoms with Crippen LogP contribution >= 0.6 is 0 Å². The van der Waals surface area contributed by atoms with E-state index in [1.54, 1.807) is 17.2 Å². The van der Waals surface area contributed by atoms with Crippen LogP contribution < -0.4 is 4.90 Å². The Morgan fingerprint density at radius 1 is 1.07 bits per heavy atom. The van der Waals surface area contributed by atoms with Crippen LogP contribution in [0.25, 0.3) is 11.5 Å². The Balaban J connectivity index is 1.36. The molecule has 0 aliphatic carbocycles. The standard InChI is InChI=1S/C19H18F3N7O/c20-12-19(21,22)14-3-1-13(2-4-14)18(30)29-9-7-28(8-10-29)15-5-6-16(23-11-15)17-24-26-27-25-17/h1-6,11H,7-10,12H2,(H,24,25,26,27). The summed E-state index contributed by atoms with van der Waals surface area (Å²) in [6.07, 6.45) is 1.72. The molecule has 2 aromatic heterocycles. The molecule has 0 spiro atoms. The number of carbonyl (C=O) groups excluding carboxylic acids is 1. The summed E-state index contributed by atoms with van der Waals surface area (Å²) in [4.78, 5) is 20.8. The number of aromatic nitrogens is 5.